The van der Waals surface area contributed by atoms with Crippen molar-refractivity contribution in [2.45, 2.75) is 63.5 Å². The topological polar surface area (TPSA) is 79.0 Å². The molecule has 8 heteroatoms. The number of nitrogens with zero attached hydrogens (tertiary/aromatic N) is 2. The van der Waals surface area contributed by atoms with Gasteiger partial charge in [-0.3, -0.25) is 9.59 Å². The van der Waals surface area contributed by atoms with Gasteiger partial charge in [0.15, 0.2) is 0 Å². The Balaban J connectivity index is 1.36. The van der Waals surface area contributed by atoms with Crippen LogP contribution in [0.15, 0.2) is 22.7 Å². The van der Waals surface area contributed by atoms with E-state index in [4.69, 9.17) is 4.74 Å². The van der Waals surface area contributed by atoms with Gasteiger partial charge in [-0.15, -0.1) is 0 Å². The Kier molecular flexibility index (Phi) is 5.79. The summed E-state index contributed by atoms with van der Waals surface area (Å²) >= 11 is 3.51. The fourth-order valence-electron chi connectivity index (χ4n) is 4.57. The minimum absolute atomic E-state index is 0.00828. The van der Waals surface area contributed by atoms with Gasteiger partial charge in [0.25, 0.3) is 5.91 Å². The van der Waals surface area contributed by atoms with Gasteiger partial charge in [0, 0.05) is 41.1 Å². The van der Waals surface area contributed by atoms with Crippen LogP contribution in [0.25, 0.3) is 0 Å². The van der Waals surface area contributed by atoms with E-state index in [9.17, 15) is 14.4 Å². The molecule has 2 heterocycles. The number of ether oxygens (including phenoxy) is 1. The summed E-state index contributed by atoms with van der Waals surface area (Å²) in [5.74, 6) is -0.269. The molecule has 0 aromatic heterocycles. The lowest BCUT2D eigenvalue weighted by atomic mass is 9.86. The van der Waals surface area contributed by atoms with Crippen LogP contribution in [0.4, 0.5) is 4.79 Å². The first-order valence-electron chi connectivity index (χ1n) is 10.9. The Morgan fingerprint density at radius 1 is 1.29 bits per heavy atom. The predicted octanol–water partition coefficient (Wildman–Crippen LogP) is 3.45. The molecule has 1 saturated carbocycles. The second-order valence-corrected chi connectivity index (χ2v) is 10.9. The zero-order valence-electron chi connectivity index (χ0n) is 18.4. The monoisotopic (exact) mass is 491 g/mol. The highest BCUT2D eigenvalue weighted by Crippen LogP contribution is 2.52. The summed E-state index contributed by atoms with van der Waals surface area (Å²) in [7, 11) is 0. The molecule has 1 aromatic carbocycles. The first-order chi connectivity index (χ1) is 14.6. The van der Waals surface area contributed by atoms with Gasteiger partial charge in [-0.2, -0.15) is 0 Å². The van der Waals surface area contributed by atoms with E-state index in [1.807, 2.05) is 39.0 Å². The summed E-state index contributed by atoms with van der Waals surface area (Å²) in [5, 5.41) is 3.03. The van der Waals surface area contributed by atoms with E-state index in [1.165, 1.54) is 0 Å². The highest BCUT2D eigenvalue weighted by Gasteiger charge is 2.51. The highest BCUT2D eigenvalue weighted by atomic mass is 79.9. The van der Waals surface area contributed by atoms with Crippen molar-refractivity contribution in [2.75, 3.05) is 26.2 Å². The Bertz CT molecular complexity index is 907. The number of carbonyl (C=O) groups excluding carboxylic acids is 3. The Morgan fingerprint density at radius 3 is 2.71 bits per heavy atom. The maximum atomic E-state index is 13.0. The quantitative estimate of drug-likeness (QED) is 0.701. The van der Waals surface area contributed by atoms with E-state index in [0.29, 0.717) is 25.2 Å². The van der Waals surface area contributed by atoms with Crippen LogP contribution in [0, 0.1) is 0 Å². The number of hydrogen-bond acceptors (Lipinski definition) is 4. The van der Waals surface area contributed by atoms with Crippen LogP contribution >= 0.6 is 15.9 Å². The number of halogens is 1. The number of carbonyl (C=O) groups is 3. The zero-order valence-corrected chi connectivity index (χ0v) is 20.0. The number of piperidine rings is 1. The first kappa shape index (κ1) is 22.1. The van der Waals surface area contributed by atoms with Crippen LogP contribution in [0.5, 0.6) is 0 Å². The van der Waals surface area contributed by atoms with Crippen molar-refractivity contribution >= 4 is 33.8 Å². The molecule has 0 radical (unpaired) electrons. The lowest BCUT2D eigenvalue weighted by molar-refractivity contribution is -0.123. The van der Waals surface area contributed by atoms with Crippen molar-refractivity contribution in [1.82, 2.24) is 15.1 Å². The molecule has 31 heavy (non-hydrogen) atoms. The summed E-state index contributed by atoms with van der Waals surface area (Å²) in [6.07, 6.45) is 3.33. The fourth-order valence-corrected chi connectivity index (χ4v) is 4.94. The second kappa shape index (κ2) is 8.11. The van der Waals surface area contributed by atoms with Crippen molar-refractivity contribution < 1.29 is 19.1 Å². The van der Waals surface area contributed by atoms with Crippen molar-refractivity contribution in [2.24, 2.45) is 0 Å². The molecule has 1 aliphatic carbocycles. The van der Waals surface area contributed by atoms with E-state index >= 15 is 0 Å². The molecular formula is C23H30BrN3O4. The maximum Gasteiger partial charge on any atom is 0.410 e. The van der Waals surface area contributed by atoms with Gasteiger partial charge in [-0.1, -0.05) is 15.9 Å². The number of benzene rings is 1. The molecule has 3 aliphatic rings. The zero-order chi connectivity index (χ0) is 22.4. The molecule has 1 spiro atoms. The SMILES string of the molecule is CC(C)(C)OC(=O)N1CCCC(NC(=O)CN2CC3(CC3)c3cc(Br)ccc3C2=O)C1. The van der Waals surface area contributed by atoms with Crippen LogP contribution in [0.1, 0.15) is 62.4 Å². The standard InChI is InChI=1S/C23H30BrN3O4/c1-22(2,3)31-21(30)26-10-4-5-16(12-26)25-19(28)13-27-14-23(8-9-23)18-11-15(24)6-7-17(18)20(27)29/h6-7,11,16H,4-5,8-10,12-14H2,1-3H3,(H,25,28). The van der Waals surface area contributed by atoms with Crippen LogP contribution in [0.3, 0.4) is 0 Å². The number of amides is 3. The molecular weight excluding hydrogens is 462 g/mol. The van der Waals surface area contributed by atoms with Gasteiger partial charge in [0.2, 0.25) is 5.91 Å². The van der Waals surface area contributed by atoms with E-state index < -0.39 is 5.60 Å². The molecule has 4 rings (SSSR count). The summed E-state index contributed by atoms with van der Waals surface area (Å²) in [5.41, 5.74) is 1.25. The molecule has 1 atom stereocenters. The van der Waals surface area contributed by atoms with Crippen molar-refractivity contribution in [3.8, 4) is 0 Å². The van der Waals surface area contributed by atoms with Crippen molar-refractivity contribution in [1.29, 1.82) is 0 Å². The molecule has 0 bridgehead atoms. The van der Waals surface area contributed by atoms with E-state index in [0.717, 1.165) is 35.7 Å². The van der Waals surface area contributed by atoms with Crippen LogP contribution in [-0.4, -0.2) is 65.5 Å². The predicted molar refractivity (Wildman–Crippen MR) is 120 cm³/mol. The third-order valence-electron chi connectivity index (χ3n) is 6.19. The van der Waals surface area contributed by atoms with E-state index in [2.05, 4.69) is 21.2 Å². The summed E-state index contributed by atoms with van der Waals surface area (Å²) in [6.45, 7) is 7.19. The largest absolute Gasteiger partial charge is 0.444 e. The average Bonchev–Trinajstić information content (AvgIpc) is 3.45. The van der Waals surface area contributed by atoms with Crippen LogP contribution < -0.4 is 5.32 Å². The van der Waals surface area contributed by atoms with Gasteiger partial charge in [-0.25, -0.2) is 4.79 Å². The average molecular weight is 492 g/mol. The Morgan fingerprint density at radius 2 is 2.03 bits per heavy atom. The molecule has 2 aliphatic heterocycles. The highest BCUT2D eigenvalue weighted by molar-refractivity contribution is 9.10. The van der Waals surface area contributed by atoms with E-state index in [-0.39, 0.29) is 35.9 Å². The van der Waals surface area contributed by atoms with Gasteiger partial charge >= 0.3 is 6.09 Å². The number of likely N-dealkylation sites (tertiary alicyclic amines) is 1. The van der Waals surface area contributed by atoms with Gasteiger partial charge in [0.1, 0.15) is 5.60 Å². The number of rotatable bonds is 3. The number of nitrogens with one attached hydrogen (secondary N) is 1. The van der Waals surface area contributed by atoms with E-state index in [1.54, 1.807) is 9.80 Å². The van der Waals surface area contributed by atoms with Gasteiger partial charge in [-0.05, 0) is 70.2 Å². The van der Waals surface area contributed by atoms with Crippen LogP contribution in [0.2, 0.25) is 0 Å². The fraction of sp³-hybridized carbons (Fsp3) is 0.609. The first-order valence-corrected chi connectivity index (χ1v) is 11.7. The third kappa shape index (κ3) is 4.89. The molecule has 7 nitrogen and oxygen atoms in total. The molecule has 1 aromatic rings. The summed E-state index contributed by atoms with van der Waals surface area (Å²) in [6, 6.07) is 5.65. The minimum Gasteiger partial charge on any atom is -0.444 e. The second-order valence-electron chi connectivity index (χ2n) is 9.96. The van der Waals surface area contributed by atoms with Crippen LogP contribution in [-0.2, 0) is 14.9 Å². The summed E-state index contributed by atoms with van der Waals surface area (Å²) in [4.78, 5) is 41.5. The van der Waals surface area contributed by atoms with Gasteiger partial charge < -0.3 is 19.9 Å². The van der Waals surface area contributed by atoms with Crippen molar-refractivity contribution in [3.05, 3.63) is 33.8 Å². The molecule has 1 unspecified atom stereocenters. The summed E-state index contributed by atoms with van der Waals surface area (Å²) < 4.78 is 6.43. The number of hydrogen-bond donors (Lipinski definition) is 1. The molecule has 1 saturated heterocycles. The maximum absolute atomic E-state index is 13.0. The molecule has 3 amide bonds. The lowest BCUT2D eigenvalue weighted by Crippen LogP contribution is -2.53. The normalized spacial score (nSPS) is 22.2. The smallest absolute Gasteiger partial charge is 0.410 e. The molecule has 168 valence electrons. The molecule has 1 N–H and O–H groups in total. The number of fused-ring (bicyclic) bond motifs is 2. The third-order valence-corrected chi connectivity index (χ3v) is 6.68. The molecule has 2 fully saturated rings. The lowest BCUT2D eigenvalue weighted by Gasteiger charge is -2.36. The minimum atomic E-state index is -0.549. The Hall–Kier alpha value is -2.09. The van der Waals surface area contributed by atoms with Crippen molar-refractivity contribution in [3.63, 3.8) is 0 Å². The van der Waals surface area contributed by atoms with Gasteiger partial charge in [0.05, 0.1) is 6.54 Å². The Labute approximate surface area is 191 Å².